The summed E-state index contributed by atoms with van der Waals surface area (Å²) in [5.41, 5.74) is 0.331. The van der Waals surface area contributed by atoms with Gasteiger partial charge in [0.1, 0.15) is 29.0 Å². The summed E-state index contributed by atoms with van der Waals surface area (Å²) in [5.74, 6) is 0.0231. The van der Waals surface area contributed by atoms with Gasteiger partial charge in [-0.15, -0.1) is 0 Å². The van der Waals surface area contributed by atoms with Gasteiger partial charge in [-0.05, 0) is 26.8 Å². The van der Waals surface area contributed by atoms with Gasteiger partial charge in [0.25, 0.3) is 0 Å². The third-order valence-corrected chi connectivity index (χ3v) is 6.13. The molecule has 0 fully saturated rings. The van der Waals surface area contributed by atoms with E-state index in [4.69, 9.17) is 0 Å². The molecule has 0 saturated heterocycles. The lowest BCUT2D eigenvalue weighted by Gasteiger charge is -2.19. The monoisotopic (exact) mass is 514 g/mol. The molecule has 2 N–H and O–H groups in total. The third kappa shape index (κ3) is 4.56. The van der Waals surface area contributed by atoms with Crippen molar-refractivity contribution in [1.82, 2.24) is 29.7 Å². The summed E-state index contributed by atoms with van der Waals surface area (Å²) in [6.07, 6.45) is -3.92. The van der Waals surface area contributed by atoms with Crippen LogP contribution < -0.4 is 10.6 Å². The fraction of sp³-hybridized carbons (Fsp3) is 0.333. The first kappa shape index (κ1) is 24.5. The summed E-state index contributed by atoms with van der Waals surface area (Å²) < 4.78 is 54.3. The van der Waals surface area contributed by atoms with E-state index in [1.165, 1.54) is 16.9 Å². The number of hydrogen-bond acceptors (Lipinski definition) is 7. The van der Waals surface area contributed by atoms with Crippen LogP contribution in [0.3, 0.4) is 0 Å². The van der Waals surface area contributed by atoms with E-state index >= 15 is 0 Å². The minimum absolute atomic E-state index is 0.0518. The minimum atomic E-state index is -4.37. The van der Waals surface area contributed by atoms with Crippen molar-refractivity contribution in [3.05, 3.63) is 53.2 Å². The quantitative estimate of drug-likeness (QED) is 0.368. The molecule has 37 heavy (non-hydrogen) atoms. The van der Waals surface area contributed by atoms with Gasteiger partial charge in [-0.25, -0.2) is 29.0 Å². The van der Waals surface area contributed by atoms with E-state index in [2.05, 4.69) is 35.7 Å². The van der Waals surface area contributed by atoms with Gasteiger partial charge in [-0.2, -0.15) is 18.3 Å². The maximum atomic E-state index is 14.4. The Hall–Kier alpha value is -4.16. The summed E-state index contributed by atoms with van der Waals surface area (Å²) in [6, 6.07) is 6.26. The van der Waals surface area contributed by atoms with Gasteiger partial charge in [0.15, 0.2) is 11.5 Å². The number of aromatic nitrogens is 6. The highest BCUT2D eigenvalue weighted by atomic mass is 19.4. The van der Waals surface area contributed by atoms with Crippen LogP contribution in [0, 0.1) is 12.7 Å². The second-order valence-corrected chi connectivity index (χ2v) is 9.24. The van der Waals surface area contributed by atoms with Crippen LogP contribution in [0.2, 0.25) is 0 Å². The number of carbonyl (C=O) groups excluding carboxylic acids is 1. The number of benzene rings is 1. The van der Waals surface area contributed by atoms with Crippen molar-refractivity contribution < 1.29 is 22.4 Å². The normalized spacial score (nSPS) is 14.6. The molecule has 192 valence electrons. The highest BCUT2D eigenvalue weighted by Gasteiger charge is 2.43. The standard InChI is InChI=1S/C24H22F4N8O/c1-12-30-10-14-17(35-36(21(14)31-12)11-13-6-4-5-7-15(13)25)20-32-18(29-9-8-24(26,27)28)16-19(33-20)34-22(37)23(16,2)3/h4-7,10H,8-9,11H2,1-3H3,(H2,29,32,33,34,37). The second kappa shape index (κ2) is 8.75. The van der Waals surface area contributed by atoms with Crippen LogP contribution in [0.5, 0.6) is 0 Å². The van der Waals surface area contributed by atoms with E-state index in [9.17, 15) is 22.4 Å². The van der Waals surface area contributed by atoms with Gasteiger partial charge in [0.05, 0.1) is 29.3 Å². The number of hydrogen-bond donors (Lipinski definition) is 2. The zero-order valence-corrected chi connectivity index (χ0v) is 20.1. The number of aryl methyl sites for hydroxylation is 1. The lowest BCUT2D eigenvalue weighted by atomic mass is 9.87. The molecule has 0 bridgehead atoms. The zero-order valence-electron chi connectivity index (χ0n) is 20.1. The van der Waals surface area contributed by atoms with E-state index in [0.29, 0.717) is 28.0 Å². The average Bonchev–Trinajstić information content (AvgIpc) is 3.27. The Bertz CT molecular complexity index is 1530. The maximum absolute atomic E-state index is 14.4. The second-order valence-electron chi connectivity index (χ2n) is 9.24. The Morgan fingerprint density at radius 1 is 1.14 bits per heavy atom. The van der Waals surface area contributed by atoms with Crippen molar-refractivity contribution in [2.75, 3.05) is 17.2 Å². The Kier molecular flexibility index (Phi) is 5.80. The number of nitrogens with one attached hydrogen (secondary N) is 2. The number of alkyl halides is 3. The Morgan fingerprint density at radius 3 is 2.62 bits per heavy atom. The van der Waals surface area contributed by atoms with Crippen LogP contribution in [0.4, 0.5) is 29.2 Å². The van der Waals surface area contributed by atoms with Gasteiger partial charge in [0.2, 0.25) is 5.91 Å². The molecule has 0 radical (unpaired) electrons. The first-order chi connectivity index (χ1) is 17.4. The smallest absolute Gasteiger partial charge is 0.369 e. The minimum Gasteiger partial charge on any atom is -0.369 e. The molecule has 0 atom stereocenters. The number of anilines is 2. The van der Waals surface area contributed by atoms with E-state index in [-0.39, 0.29) is 35.6 Å². The molecule has 5 rings (SSSR count). The van der Waals surface area contributed by atoms with Crippen LogP contribution in [0.15, 0.2) is 30.5 Å². The van der Waals surface area contributed by atoms with Gasteiger partial charge in [0, 0.05) is 18.3 Å². The first-order valence-electron chi connectivity index (χ1n) is 11.4. The number of nitrogens with zero attached hydrogens (tertiary/aromatic N) is 6. The number of halogens is 4. The highest BCUT2D eigenvalue weighted by molar-refractivity contribution is 6.06. The SMILES string of the molecule is Cc1ncc2c(-c3nc(NCCC(F)(F)F)c4c(n3)NC(=O)C4(C)C)nn(Cc3ccccc3F)c2n1. The molecular formula is C24H22F4N8O. The van der Waals surface area contributed by atoms with Crippen molar-refractivity contribution in [1.29, 1.82) is 0 Å². The molecule has 0 aliphatic carbocycles. The lowest BCUT2D eigenvalue weighted by molar-refractivity contribution is -0.131. The molecule has 1 aromatic carbocycles. The summed E-state index contributed by atoms with van der Waals surface area (Å²) in [6.45, 7) is 4.60. The summed E-state index contributed by atoms with van der Waals surface area (Å²) in [5, 5.41) is 10.5. The van der Waals surface area contributed by atoms with Crippen LogP contribution >= 0.6 is 0 Å². The third-order valence-electron chi connectivity index (χ3n) is 6.13. The van der Waals surface area contributed by atoms with Crippen molar-refractivity contribution in [2.24, 2.45) is 0 Å². The molecule has 13 heteroatoms. The molecule has 4 heterocycles. The zero-order chi connectivity index (χ0) is 26.5. The molecule has 1 aliphatic rings. The molecule has 1 aliphatic heterocycles. The summed E-state index contributed by atoms with van der Waals surface area (Å²) in [4.78, 5) is 30.3. The Labute approximate surface area is 208 Å². The van der Waals surface area contributed by atoms with Crippen molar-refractivity contribution in [3.63, 3.8) is 0 Å². The van der Waals surface area contributed by atoms with Crippen LogP contribution in [-0.4, -0.2) is 48.3 Å². The predicted molar refractivity (Wildman–Crippen MR) is 127 cm³/mol. The first-order valence-corrected chi connectivity index (χ1v) is 11.4. The molecule has 0 saturated carbocycles. The van der Waals surface area contributed by atoms with Crippen LogP contribution in [0.1, 0.15) is 37.2 Å². The topological polar surface area (TPSA) is 111 Å². The highest BCUT2D eigenvalue weighted by Crippen LogP contribution is 2.42. The van der Waals surface area contributed by atoms with Crippen LogP contribution in [0.25, 0.3) is 22.6 Å². The summed E-state index contributed by atoms with van der Waals surface area (Å²) in [7, 11) is 0. The fourth-order valence-corrected chi connectivity index (χ4v) is 4.18. The molecule has 3 aromatic heterocycles. The van der Waals surface area contributed by atoms with Crippen molar-refractivity contribution in [2.45, 2.75) is 45.3 Å². The van der Waals surface area contributed by atoms with Gasteiger partial charge >= 0.3 is 6.18 Å². The molecule has 0 spiro atoms. The number of amides is 1. The number of carbonyl (C=O) groups is 1. The average molecular weight is 514 g/mol. The summed E-state index contributed by atoms with van der Waals surface area (Å²) >= 11 is 0. The molecule has 4 aromatic rings. The van der Waals surface area contributed by atoms with Gasteiger partial charge < -0.3 is 10.6 Å². The van der Waals surface area contributed by atoms with E-state index in [0.717, 1.165) is 0 Å². The maximum Gasteiger partial charge on any atom is 0.390 e. The Morgan fingerprint density at radius 2 is 1.89 bits per heavy atom. The fourth-order valence-electron chi connectivity index (χ4n) is 4.18. The van der Waals surface area contributed by atoms with E-state index in [1.54, 1.807) is 39.0 Å². The van der Waals surface area contributed by atoms with Crippen LogP contribution in [-0.2, 0) is 16.8 Å². The largest absolute Gasteiger partial charge is 0.390 e. The Balaban J connectivity index is 1.64. The van der Waals surface area contributed by atoms with Crippen molar-refractivity contribution >= 4 is 28.6 Å². The molecule has 0 unspecified atom stereocenters. The van der Waals surface area contributed by atoms with Gasteiger partial charge in [-0.1, -0.05) is 18.2 Å². The van der Waals surface area contributed by atoms with Crippen molar-refractivity contribution in [3.8, 4) is 11.5 Å². The van der Waals surface area contributed by atoms with Gasteiger partial charge in [-0.3, -0.25) is 4.79 Å². The molecule has 9 nitrogen and oxygen atoms in total. The lowest BCUT2D eigenvalue weighted by Crippen LogP contribution is -2.28. The molecular weight excluding hydrogens is 492 g/mol. The van der Waals surface area contributed by atoms with E-state index < -0.39 is 30.4 Å². The number of fused-ring (bicyclic) bond motifs is 2. The predicted octanol–water partition coefficient (Wildman–Crippen LogP) is 4.37. The van der Waals surface area contributed by atoms with E-state index in [1.807, 2.05) is 0 Å². The molecule has 1 amide bonds. The number of rotatable bonds is 6.